The van der Waals surface area contributed by atoms with Crippen molar-refractivity contribution < 1.29 is 19.4 Å². The lowest BCUT2D eigenvalue weighted by Gasteiger charge is -2.15. The van der Waals surface area contributed by atoms with Gasteiger partial charge in [-0.3, -0.25) is 9.48 Å². The van der Waals surface area contributed by atoms with E-state index >= 15 is 0 Å². The molecule has 1 aromatic carbocycles. The maximum absolute atomic E-state index is 12.4. The first-order valence-electron chi connectivity index (χ1n) is 8.02. The molecule has 1 amide bonds. The van der Waals surface area contributed by atoms with Crippen molar-refractivity contribution in [3.05, 3.63) is 46.8 Å². The number of carboxylic acid groups (broad SMARTS) is 1. The number of ether oxygens (including phenoxy) is 1. The van der Waals surface area contributed by atoms with Crippen molar-refractivity contribution in [3.63, 3.8) is 0 Å². The zero-order valence-corrected chi connectivity index (χ0v) is 14.9. The molecule has 0 aliphatic carbocycles. The van der Waals surface area contributed by atoms with Gasteiger partial charge in [-0.25, -0.2) is 4.79 Å². The van der Waals surface area contributed by atoms with Crippen LogP contribution in [0.5, 0.6) is 5.75 Å². The van der Waals surface area contributed by atoms with E-state index in [0.717, 1.165) is 17.0 Å². The molecule has 0 fully saturated rings. The van der Waals surface area contributed by atoms with Gasteiger partial charge in [0.2, 0.25) is 0 Å². The van der Waals surface area contributed by atoms with Gasteiger partial charge in [0, 0.05) is 24.3 Å². The molecule has 0 saturated carbocycles. The Balaban J connectivity index is 2.01. The van der Waals surface area contributed by atoms with Crippen LogP contribution < -0.4 is 10.1 Å². The number of benzene rings is 1. The number of aromatic nitrogens is 2. The minimum absolute atomic E-state index is 0.0716. The van der Waals surface area contributed by atoms with Gasteiger partial charge in [-0.15, -0.1) is 0 Å². The molecule has 1 heterocycles. The highest BCUT2D eigenvalue weighted by Gasteiger charge is 2.16. The van der Waals surface area contributed by atoms with E-state index in [4.69, 9.17) is 9.84 Å². The van der Waals surface area contributed by atoms with Crippen molar-refractivity contribution in [2.24, 2.45) is 7.05 Å². The number of aliphatic carboxylic acids is 1. The number of hydrogen-bond acceptors (Lipinski definition) is 4. The van der Waals surface area contributed by atoms with Gasteiger partial charge < -0.3 is 15.2 Å². The van der Waals surface area contributed by atoms with E-state index in [1.54, 1.807) is 18.2 Å². The van der Waals surface area contributed by atoms with Crippen LogP contribution >= 0.6 is 0 Å². The van der Waals surface area contributed by atoms with Crippen LogP contribution in [0.15, 0.2) is 24.3 Å². The fourth-order valence-corrected chi connectivity index (χ4v) is 2.65. The third-order valence-electron chi connectivity index (χ3n) is 4.01. The van der Waals surface area contributed by atoms with Crippen LogP contribution in [0.3, 0.4) is 0 Å². The van der Waals surface area contributed by atoms with Gasteiger partial charge in [0.1, 0.15) is 5.75 Å². The number of aryl methyl sites for hydroxylation is 2. The number of carbonyl (C=O) groups excluding carboxylic acids is 1. The molecule has 0 radical (unpaired) electrons. The average molecular weight is 345 g/mol. The molecule has 1 atom stereocenters. The van der Waals surface area contributed by atoms with Gasteiger partial charge in [-0.1, -0.05) is 6.07 Å². The molecule has 7 heteroatoms. The van der Waals surface area contributed by atoms with E-state index in [0.29, 0.717) is 17.7 Å². The maximum Gasteiger partial charge on any atom is 0.341 e. The summed E-state index contributed by atoms with van der Waals surface area (Å²) in [6.07, 6.45) is 0.687. The summed E-state index contributed by atoms with van der Waals surface area (Å²) in [6.45, 7) is 5.46. The molecule has 1 unspecified atom stereocenters. The summed E-state index contributed by atoms with van der Waals surface area (Å²) in [6, 6.07) is 6.40. The zero-order chi connectivity index (χ0) is 18.6. The normalized spacial score (nSPS) is 11.8. The Kier molecular flexibility index (Phi) is 5.80. The molecular formula is C18H23N3O4. The van der Waals surface area contributed by atoms with Crippen LogP contribution in [0.1, 0.15) is 34.2 Å². The fraction of sp³-hybridized carbons (Fsp3) is 0.389. The summed E-state index contributed by atoms with van der Waals surface area (Å²) in [5.41, 5.74) is 3.61. The molecule has 0 aliphatic heterocycles. The predicted molar refractivity (Wildman–Crippen MR) is 92.9 cm³/mol. The first-order chi connectivity index (χ1) is 11.8. The van der Waals surface area contributed by atoms with E-state index in [9.17, 15) is 9.59 Å². The number of nitrogens with one attached hydrogen (secondary N) is 1. The van der Waals surface area contributed by atoms with E-state index in [-0.39, 0.29) is 11.9 Å². The van der Waals surface area contributed by atoms with Crippen molar-refractivity contribution in [1.29, 1.82) is 0 Å². The highest BCUT2D eigenvalue weighted by molar-refractivity contribution is 5.94. The molecule has 0 aliphatic rings. The minimum Gasteiger partial charge on any atom is -0.482 e. The SMILES string of the molecule is Cc1nn(C)c(C)c1CC(C)NC(=O)c1cccc(OCC(=O)O)c1. The van der Waals surface area contributed by atoms with Gasteiger partial charge in [0.15, 0.2) is 6.61 Å². The van der Waals surface area contributed by atoms with Crippen LogP contribution in [0, 0.1) is 13.8 Å². The monoisotopic (exact) mass is 345 g/mol. The lowest BCUT2D eigenvalue weighted by molar-refractivity contribution is -0.139. The van der Waals surface area contributed by atoms with E-state index in [2.05, 4.69) is 10.4 Å². The largest absolute Gasteiger partial charge is 0.482 e. The van der Waals surface area contributed by atoms with Crippen LogP contribution in [0.2, 0.25) is 0 Å². The minimum atomic E-state index is -1.06. The zero-order valence-electron chi connectivity index (χ0n) is 14.9. The topological polar surface area (TPSA) is 93.5 Å². The highest BCUT2D eigenvalue weighted by atomic mass is 16.5. The Morgan fingerprint density at radius 2 is 2.08 bits per heavy atom. The molecule has 7 nitrogen and oxygen atoms in total. The Morgan fingerprint density at radius 3 is 2.68 bits per heavy atom. The quantitative estimate of drug-likeness (QED) is 0.799. The van der Waals surface area contributed by atoms with Crippen LogP contribution in [0.25, 0.3) is 0 Å². The fourth-order valence-electron chi connectivity index (χ4n) is 2.65. The standard InChI is InChI=1S/C18H23N3O4/c1-11(8-16-12(2)20-21(4)13(16)3)19-18(24)14-6-5-7-15(9-14)25-10-17(22)23/h5-7,9,11H,8,10H2,1-4H3,(H,19,24)(H,22,23). The first kappa shape index (κ1) is 18.5. The van der Waals surface area contributed by atoms with E-state index in [1.165, 1.54) is 6.07 Å². The molecule has 25 heavy (non-hydrogen) atoms. The van der Waals surface area contributed by atoms with Gasteiger partial charge in [0.05, 0.1) is 5.69 Å². The van der Waals surface area contributed by atoms with Crippen LogP contribution in [-0.2, 0) is 18.3 Å². The Hall–Kier alpha value is -2.83. The molecule has 2 aromatic rings. The highest BCUT2D eigenvalue weighted by Crippen LogP contribution is 2.16. The van der Waals surface area contributed by atoms with Crippen molar-refractivity contribution in [3.8, 4) is 5.75 Å². The van der Waals surface area contributed by atoms with Crippen molar-refractivity contribution in [2.75, 3.05) is 6.61 Å². The van der Waals surface area contributed by atoms with Gasteiger partial charge in [0.25, 0.3) is 5.91 Å². The number of carbonyl (C=O) groups is 2. The second kappa shape index (κ2) is 7.83. The van der Waals surface area contributed by atoms with Crippen molar-refractivity contribution in [2.45, 2.75) is 33.2 Å². The number of amides is 1. The molecule has 0 spiro atoms. The van der Waals surface area contributed by atoms with Gasteiger partial charge >= 0.3 is 5.97 Å². The summed E-state index contributed by atoms with van der Waals surface area (Å²) in [4.78, 5) is 23.0. The molecule has 1 aromatic heterocycles. The Morgan fingerprint density at radius 1 is 1.36 bits per heavy atom. The second-order valence-electron chi connectivity index (χ2n) is 6.06. The molecule has 0 saturated heterocycles. The number of nitrogens with zero attached hydrogens (tertiary/aromatic N) is 2. The lowest BCUT2D eigenvalue weighted by Crippen LogP contribution is -2.34. The summed E-state index contributed by atoms with van der Waals surface area (Å²) in [5.74, 6) is -0.945. The van der Waals surface area contributed by atoms with Crippen molar-refractivity contribution in [1.82, 2.24) is 15.1 Å². The second-order valence-corrected chi connectivity index (χ2v) is 6.06. The predicted octanol–water partition coefficient (Wildman–Crippen LogP) is 1.86. The number of hydrogen-bond donors (Lipinski definition) is 2. The maximum atomic E-state index is 12.4. The lowest BCUT2D eigenvalue weighted by atomic mass is 10.0. The number of rotatable bonds is 7. The third kappa shape index (κ3) is 4.82. The Bertz CT molecular complexity index is 783. The van der Waals surface area contributed by atoms with Crippen molar-refractivity contribution >= 4 is 11.9 Å². The molecule has 2 N–H and O–H groups in total. The summed E-state index contributed by atoms with van der Waals surface area (Å²) < 4.78 is 6.94. The summed E-state index contributed by atoms with van der Waals surface area (Å²) >= 11 is 0. The van der Waals surface area contributed by atoms with Gasteiger partial charge in [-0.2, -0.15) is 5.10 Å². The third-order valence-corrected chi connectivity index (χ3v) is 4.01. The molecular weight excluding hydrogens is 322 g/mol. The average Bonchev–Trinajstić information content (AvgIpc) is 2.79. The van der Waals surface area contributed by atoms with E-state index < -0.39 is 12.6 Å². The smallest absolute Gasteiger partial charge is 0.341 e. The Labute approximate surface area is 146 Å². The number of carboxylic acids is 1. The first-order valence-corrected chi connectivity index (χ1v) is 8.02. The molecule has 134 valence electrons. The van der Waals surface area contributed by atoms with Crippen LogP contribution in [0.4, 0.5) is 0 Å². The van der Waals surface area contributed by atoms with E-state index in [1.807, 2.05) is 32.5 Å². The molecule has 2 rings (SSSR count). The van der Waals surface area contributed by atoms with Crippen LogP contribution in [-0.4, -0.2) is 39.4 Å². The summed E-state index contributed by atoms with van der Waals surface area (Å²) in [5, 5.41) is 16.0. The summed E-state index contributed by atoms with van der Waals surface area (Å²) in [7, 11) is 1.90. The molecule has 0 bridgehead atoms. The van der Waals surface area contributed by atoms with Gasteiger partial charge in [-0.05, 0) is 51.0 Å².